The van der Waals surface area contributed by atoms with Gasteiger partial charge in [-0.2, -0.15) is 13.2 Å². The van der Waals surface area contributed by atoms with E-state index in [1.165, 1.54) is 12.1 Å². The number of ether oxygens (including phenoxy) is 2. The Kier molecular flexibility index (Phi) is 7.63. The minimum Gasteiger partial charge on any atom is -0.490 e. The molecule has 3 rings (SSSR count). The standard InChI is InChI=1S/C23H15Cl2F3N2O5/c1-3-7-35-19-16(25)9-12(10-18(19)34-4-2)8-14-20(31)29-22(33)30(21(14)32)17-11-13(23(26,27)28)5-6-15(17)24/h1,5-6,8-11H,4,7H2,2H3,(H,29,31,33)/b14-8-. The Morgan fingerprint density at radius 2 is 1.83 bits per heavy atom. The fourth-order valence-corrected chi connectivity index (χ4v) is 3.57. The number of rotatable bonds is 6. The number of carbonyl (C=O) groups is 3. The molecule has 1 aliphatic rings. The van der Waals surface area contributed by atoms with Crippen LogP contribution in [0.5, 0.6) is 11.5 Å². The van der Waals surface area contributed by atoms with Gasteiger partial charge in [0.1, 0.15) is 12.2 Å². The van der Waals surface area contributed by atoms with Crippen molar-refractivity contribution in [3.05, 3.63) is 57.1 Å². The first-order valence-corrected chi connectivity index (χ1v) is 10.5. The van der Waals surface area contributed by atoms with Gasteiger partial charge < -0.3 is 9.47 Å². The van der Waals surface area contributed by atoms with Gasteiger partial charge in [-0.25, -0.2) is 9.69 Å². The molecule has 35 heavy (non-hydrogen) atoms. The monoisotopic (exact) mass is 526 g/mol. The second-order valence-corrected chi connectivity index (χ2v) is 7.69. The molecule has 0 aliphatic carbocycles. The molecule has 7 nitrogen and oxygen atoms in total. The molecular weight excluding hydrogens is 512 g/mol. The summed E-state index contributed by atoms with van der Waals surface area (Å²) < 4.78 is 50.4. The number of terminal acetylenes is 1. The van der Waals surface area contributed by atoms with E-state index in [0.29, 0.717) is 17.0 Å². The Bertz CT molecular complexity index is 1290. The lowest BCUT2D eigenvalue weighted by molar-refractivity contribution is -0.137. The first-order chi connectivity index (χ1) is 16.5. The van der Waals surface area contributed by atoms with Crippen LogP contribution < -0.4 is 19.7 Å². The number of amides is 4. The van der Waals surface area contributed by atoms with E-state index in [0.717, 1.165) is 12.1 Å². The number of halogens is 5. The smallest absolute Gasteiger partial charge is 0.416 e. The van der Waals surface area contributed by atoms with E-state index >= 15 is 0 Å². The molecule has 1 N–H and O–H groups in total. The van der Waals surface area contributed by atoms with E-state index < -0.39 is 40.8 Å². The number of nitrogens with one attached hydrogen (secondary N) is 1. The van der Waals surface area contributed by atoms with Gasteiger partial charge >= 0.3 is 12.2 Å². The summed E-state index contributed by atoms with van der Waals surface area (Å²) in [5.41, 5.74) is -2.05. The first kappa shape index (κ1) is 25.9. The van der Waals surface area contributed by atoms with Gasteiger partial charge in [0, 0.05) is 0 Å². The summed E-state index contributed by atoms with van der Waals surface area (Å²) >= 11 is 12.2. The van der Waals surface area contributed by atoms with Crippen LogP contribution in [-0.4, -0.2) is 31.1 Å². The summed E-state index contributed by atoms with van der Waals surface area (Å²) in [6.07, 6.45) is 1.53. The Morgan fingerprint density at radius 1 is 1.11 bits per heavy atom. The highest BCUT2D eigenvalue weighted by atomic mass is 35.5. The summed E-state index contributed by atoms with van der Waals surface area (Å²) in [6, 6.07) is 3.62. The number of barbiturate groups is 1. The number of hydrogen-bond acceptors (Lipinski definition) is 5. The van der Waals surface area contributed by atoms with Gasteiger partial charge in [0.2, 0.25) is 0 Å². The lowest BCUT2D eigenvalue weighted by Crippen LogP contribution is -2.54. The van der Waals surface area contributed by atoms with Crippen molar-refractivity contribution in [3.8, 4) is 23.8 Å². The fraction of sp³-hybridized carbons (Fsp3) is 0.174. The van der Waals surface area contributed by atoms with E-state index in [9.17, 15) is 27.6 Å². The van der Waals surface area contributed by atoms with Crippen molar-refractivity contribution >= 4 is 52.8 Å². The third-order valence-corrected chi connectivity index (χ3v) is 5.16. The third kappa shape index (κ3) is 5.53. The molecule has 182 valence electrons. The highest BCUT2D eigenvalue weighted by Crippen LogP contribution is 2.39. The van der Waals surface area contributed by atoms with Crippen LogP contribution in [-0.2, 0) is 15.8 Å². The van der Waals surface area contributed by atoms with E-state index in [1.54, 1.807) is 6.92 Å². The van der Waals surface area contributed by atoms with Gasteiger partial charge in [-0.1, -0.05) is 29.1 Å². The van der Waals surface area contributed by atoms with Crippen molar-refractivity contribution in [2.75, 3.05) is 18.1 Å². The molecule has 1 aliphatic heterocycles. The van der Waals surface area contributed by atoms with E-state index in [4.69, 9.17) is 39.1 Å². The van der Waals surface area contributed by atoms with Gasteiger partial charge in [0.05, 0.1) is 27.9 Å². The molecule has 1 heterocycles. The highest BCUT2D eigenvalue weighted by molar-refractivity contribution is 6.42. The minimum absolute atomic E-state index is 0.0515. The number of benzene rings is 2. The SMILES string of the molecule is C#CCOc1c(Cl)cc(/C=C2/C(=O)NC(=O)N(c3cc(C(F)(F)F)ccc3Cl)C2=O)cc1OCC. The molecule has 4 amide bonds. The molecule has 2 aromatic rings. The molecule has 2 aromatic carbocycles. The highest BCUT2D eigenvalue weighted by Gasteiger charge is 2.39. The second-order valence-electron chi connectivity index (χ2n) is 6.88. The van der Waals surface area contributed by atoms with Crippen molar-refractivity contribution in [2.24, 2.45) is 0 Å². The number of carbonyl (C=O) groups excluding carboxylic acids is 3. The molecule has 0 saturated carbocycles. The number of alkyl halides is 3. The van der Waals surface area contributed by atoms with E-state index in [2.05, 4.69) is 5.92 Å². The van der Waals surface area contributed by atoms with Crippen molar-refractivity contribution < 1.29 is 37.0 Å². The molecule has 1 saturated heterocycles. The molecule has 12 heteroatoms. The minimum atomic E-state index is -4.77. The molecule has 0 spiro atoms. The van der Waals surface area contributed by atoms with Gasteiger partial charge in [-0.05, 0) is 48.9 Å². The number of urea groups is 1. The number of nitrogens with zero attached hydrogens (tertiary/aromatic N) is 1. The van der Waals surface area contributed by atoms with Crippen LogP contribution in [0.25, 0.3) is 6.08 Å². The fourth-order valence-electron chi connectivity index (χ4n) is 3.09. The van der Waals surface area contributed by atoms with E-state index in [-0.39, 0.29) is 40.3 Å². The third-order valence-electron chi connectivity index (χ3n) is 4.56. The van der Waals surface area contributed by atoms with E-state index in [1.807, 2.05) is 5.32 Å². The number of anilines is 1. The maximum absolute atomic E-state index is 13.2. The topological polar surface area (TPSA) is 84.9 Å². The Hall–Kier alpha value is -3.68. The van der Waals surface area contributed by atoms with Gasteiger partial charge in [-0.3, -0.25) is 14.9 Å². The molecule has 0 aromatic heterocycles. The maximum Gasteiger partial charge on any atom is 0.416 e. The zero-order valence-corrected chi connectivity index (χ0v) is 19.3. The van der Waals surface area contributed by atoms with Gasteiger partial charge in [-0.15, -0.1) is 6.42 Å². The van der Waals surface area contributed by atoms with Crippen molar-refractivity contribution in [3.63, 3.8) is 0 Å². The number of imide groups is 2. The Balaban J connectivity index is 2.08. The van der Waals surface area contributed by atoms with Gasteiger partial charge in [0.25, 0.3) is 11.8 Å². The van der Waals surface area contributed by atoms with Crippen LogP contribution in [0.2, 0.25) is 10.0 Å². The molecule has 0 atom stereocenters. The second kappa shape index (κ2) is 10.3. The van der Waals surface area contributed by atoms with Crippen LogP contribution >= 0.6 is 23.2 Å². The predicted octanol–water partition coefficient (Wildman–Crippen LogP) is 5.09. The van der Waals surface area contributed by atoms with Gasteiger partial charge in [0.15, 0.2) is 11.5 Å². The maximum atomic E-state index is 13.2. The summed E-state index contributed by atoms with van der Waals surface area (Å²) in [4.78, 5) is 38.3. The van der Waals surface area contributed by atoms with Crippen LogP contribution in [0.4, 0.5) is 23.7 Å². The summed E-state index contributed by atoms with van der Waals surface area (Å²) in [5, 5.41) is 1.65. The number of hydrogen-bond donors (Lipinski definition) is 1. The molecule has 0 radical (unpaired) electrons. The predicted molar refractivity (Wildman–Crippen MR) is 122 cm³/mol. The largest absolute Gasteiger partial charge is 0.490 e. The Labute approximate surface area is 207 Å². The zero-order valence-electron chi connectivity index (χ0n) is 17.8. The van der Waals surface area contributed by atoms with Crippen molar-refractivity contribution in [1.29, 1.82) is 0 Å². The lowest BCUT2D eigenvalue weighted by atomic mass is 10.1. The lowest BCUT2D eigenvalue weighted by Gasteiger charge is -2.27. The van der Waals surface area contributed by atoms with Crippen LogP contribution in [0.15, 0.2) is 35.9 Å². The molecule has 0 bridgehead atoms. The van der Waals surface area contributed by atoms with Crippen molar-refractivity contribution in [2.45, 2.75) is 13.1 Å². The van der Waals surface area contributed by atoms with Crippen molar-refractivity contribution in [1.82, 2.24) is 5.32 Å². The van der Waals surface area contributed by atoms with Crippen LogP contribution in [0.3, 0.4) is 0 Å². The average molecular weight is 527 g/mol. The zero-order chi connectivity index (χ0) is 25.9. The Morgan fingerprint density at radius 3 is 2.46 bits per heavy atom. The molecular formula is C23H15Cl2F3N2O5. The summed E-state index contributed by atoms with van der Waals surface area (Å²) in [6.45, 7) is 1.82. The normalized spacial score (nSPS) is 15.2. The summed E-state index contributed by atoms with van der Waals surface area (Å²) in [5.74, 6) is 0.327. The summed E-state index contributed by atoms with van der Waals surface area (Å²) in [7, 11) is 0. The van der Waals surface area contributed by atoms with Crippen LogP contribution in [0.1, 0.15) is 18.1 Å². The first-order valence-electron chi connectivity index (χ1n) is 9.78. The molecule has 0 unspecified atom stereocenters. The quantitative estimate of drug-likeness (QED) is 0.322. The average Bonchev–Trinajstić information content (AvgIpc) is 2.76. The van der Waals surface area contributed by atoms with Crippen LogP contribution in [0, 0.1) is 12.3 Å². The molecule has 1 fully saturated rings.